The zero-order valence-corrected chi connectivity index (χ0v) is 16.2. The lowest BCUT2D eigenvalue weighted by Gasteiger charge is -2.21. The van der Waals surface area contributed by atoms with Crippen LogP contribution >= 0.6 is 0 Å². The number of benzene rings is 2. The number of nitrogens with one attached hydrogen (secondary N) is 1. The Balaban J connectivity index is 1.57. The first kappa shape index (κ1) is 19.7. The largest absolute Gasteiger partial charge is 0.488 e. The van der Waals surface area contributed by atoms with Crippen molar-refractivity contribution in [1.29, 1.82) is 0 Å². The molecule has 3 rings (SSSR count). The summed E-state index contributed by atoms with van der Waals surface area (Å²) in [5.74, 6) is 0.291. The molecule has 0 unspecified atom stereocenters. The smallest absolute Gasteiger partial charge is 0.338 e. The molecule has 5 nitrogen and oxygen atoms in total. The van der Waals surface area contributed by atoms with Crippen molar-refractivity contribution >= 4 is 18.0 Å². The van der Waals surface area contributed by atoms with Crippen LogP contribution in [-0.2, 0) is 14.3 Å². The number of carbonyl (C=O) groups is 2. The fourth-order valence-electron chi connectivity index (χ4n) is 3.13. The Morgan fingerprint density at radius 2 is 1.79 bits per heavy atom. The average Bonchev–Trinajstić information content (AvgIpc) is 2.71. The van der Waals surface area contributed by atoms with Gasteiger partial charge in [-0.3, -0.25) is 4.79 Å². The highest BCUT2D eigenvalue weighted by Crippen LogP contribution is 2.26. The predicted molar refractivity (Wildman–Crippen MR) is 108 cm³/mol. The summed E-state index contributed by atoms with van der Waals surface area (Å²) in [6.07, 6.45) is 2.55. The monoisotopic (exact) mass is 379 g/mol. The molecular formula is C23H25NO4. The summed E-state index contributed by atoms with van der Waals surface area (Å²) in [6, 6.07) is 17.2. The molecule has 1 heterocycles. The van der Waals surface area contributed by atoms with Crippen LogP contribution in [0.4, 0.5) is 0 Å². The Morgan fingerprint density at radius 3 is 2.54 bits per heavy atom. The average molecular weight is 379 g/mol. The Hall–Kier alpha value is -3.08. The van der Waals surface area contributed by atoms with Crippen LogP contribution in [0.2, 0.25) is 0 Å². The van der Waals surface area contributed by atoms with E-state index in [1.54, 1.807) is 6.08 Å². The summed E-state index contributed by atoms with van der Waals surface area (Å²) >= 11 is 0. The second-order valence-electron chi connectivity index (χ2n) is 7.23. The minimum Gasteiger partial charge on any atom is -0.488 e. The van der Waals surface area contributed by atoms with E-state index >= 15 is 0 Å². The molecule has 0 bridgehead atoms. The van der Waals surface area contributed by atoms with E-state index < -0.39 is 5.97 Å². The van der Waals surface area contributed by atoms with E-state index in [1.807, 2.05) is 54.6 Å². The minimum absolute atomic E-state index is 0.114. The number of hydrogen-bond donors (Lipinski definition) is 1. The van der Waals surface area contributed by atoms with Gasteiger partial charge in [0.25, 0.3) is 5.91 Å². The molecule has 1 aliphatic rings. The third-order valence-corrected chi connectivity index (χ3v) is 4.47. The Bertz CT molecular complexity index is 858. The molecule has 0 spiro atoms. The lowest BCUT2D eigenvalue weighted by Crippen LogP contribution is -2.33. The van der Waals surface area contributed by atoms with Crippen molar-refractivity contribution in [2.75, 3.05) is 13.2 Å². The maximum Gasteiger partial charge on any atom is 0.338 e. The van der Waals surface area contributed by atoms with Gasteiger partial charge in [0.1, 0.15) is 12.4 Å². The third kappa shape index (κ3) is 5.22. The summed E-state index contributed by atoms with van der Waals surface area (Å²) < 4.78 is 10.8. The van der Waals surface area contributed by atoms with Gasteiger partial charge >= 0.3 is 5.97 Å². The van der Waals surface area contributed by atoms with Crippen LogP contribution in [-0.4, -0.2) is 25.1 Å². The van der Waals surface area contributed by atoms with Gasteiger partial charge < -0.3 is 14.8 Å². The molecule has 0 aliphatic carbocycles. The second-order valence-corrected chi connectivity index (χ2v) is 7.23. The Kier molecular flexibility index (Phi) is 6.48. The zero-order chi connectivity index (χ0) is 19.9. The van der Waals surface area contributed by atoms with Crippen molar-refractivity contribution in [3.63, 3.8) is 0 Å². The summed E-state index contributed by atoms with van der Waals surface area (Å²) in [5.41, 5.74) is 2.26. The van der Waals surface area contributed by atoms with Crippen LogP contribution in [0.5, 0.6) is 5.75 Å². The maximum absolute atomic E-state index is 12.4. The lowest BCUT2D eigenvalue weighted by molar-refractivity contribution is -0.145. The topological polar surface area (TPSA) is 64.6 Å². The van der Waals surface area contributed by atoms with Crippen molar-refractivity contribution in [1.82, 2.24) is 5.32 Å². The number of esters is 1. The van der Waals surface area contributed by atoms with Gasteiger partial charge in [0.2, 0.25) is 0 Å². The summed E-state index contributed by atoms with van der Waals surface area (Å²) in [6.45, 7) is 4.03. The van der Waals surface area contributed by atoms with Gasteiger partial charge in [0, 0.05) is 5.56 Å². The van der Waals surface area contributed by atoms with E-state index in [9.17, 15) is 9.59 Å². The fourth-order valence-corrected chi connectivity index (χ4v) is 3.13. The molecule has 0 fully saturated rings. The fraction of sp³-hybridized carbons (Fsp3) is 0.304. The van der Waals surface area contributed by atoms with E-state index in [0.717, 1.165) is 23.3 Å². The van der Waals surface area contributed by atoms with E-state index in [-0.39, 0.29) is 25.2 Å². The summed E-state index contributed by atoms with van der Waals surface area (Å²) in [7, 11) is 0. The van der Waals surface area contributed by atoms with Crippen LogP contribution < -0.4 is 10.1 Å². The van der Waals surface area contributed by atoms with Crippen LogP contribution in [0.3, 0.4) is 0 Å². The lowest BCUT2D eigenvalue weighted by atomic mass is 9.97. The first-order valence-electron chi connectivity index (χ1n) is 9.46. The van der Waals surface area contributed by atoms with Crippen LogP contribution in [0.1, 0.15) is 37.4 Å². The number of fused-ring (bicyclic) bond motifs is 1. The van der Waals surface area contributed by atoms with Gasteiger partial charge in [0.15, 0.2) is 6.61 Å². The number of amides is 1. The molecule has 2 aromatic carbocycles. The maximum atomic E-state index is 12.4. The zero-order valence-electron chi connectivity index (χ0n) is 16.2. The molecule has 1 N–H and O–H groups in total. The van der Waals surface area contributed by atoms with Gasteiger partial charge in [-0.25, -0.2) is 4.79 Å². The molecule has 0 radical (unpaired) electrons. The van der Waals surface area contributed by atoms with E-state index in [0.29, 0.717) is 11.5 Å². The third-order valence-electron chi connectivity index (χ3n) is 4.47. The highest BCUT2D eigenvalue weighted by atomic mass is 16.5. The van der Waals surface area contributed by atoms with Crippen molar-refractivity contribution in [3.8, 4) is 5.75 Å². The quantitative estimate of drug-likeness (QED) is 0.741. The standard InChI is InChI=1S/C23H25NO4/c1-16(2)12-20(17-8-4-3-5-9-17)24-22(25)15-28-23(26)19-13-18-10-6-7-11-21(18)27-14-19/h3-11,13,16,20H,12,14-15H2,1-2H3,(H,24,25)/t20-/m0/s1. The molecule has 146 valence electrons. The van der Waals surface area contributed by atoms with Gasteiger partial charge in [0.05, 0.1) is 11.6 Å². The molecule has 1 amide bonds. The molecule has 5 heteroatoms. The first-order chi connectivity index (χ1) is 13.5. The van der Waals surface area contributed by atoms with Crippen molar-refractivity contribution in [3.05, 3.63) is 71.3 Å². The molecule has 0 aromatic heterocycles. The van der Waals surface area contributed by atoms with Gasteiger partial charge in [-0.2, -0.15) is 0 Å². The Morgan fingerprint density at radius 1 is 1.07 bits per heavy atom. The van der Waals surface area contributed by atoms with Crippen LogP contribution in [0.25, 0.3) is 6.08 Å². The summed E-state index contributed by atoms with van der Waals surface area (Å²) in [4.78, 5) is 24.7. The number of rotatable bonds is 7. The molecule has 0 saturated heterocycles. The Labute approximate surface area is 165 Å². The second kappa shape index (κ2) is 9.22. The number of para-hydroxylation sites is 1. The predicted octanol–water partition coefficient (Wildman–Crippen LogP) is 3.91. The molecule has 1 atom stereocenters. The highest BCUT2D eigenvalue weighted by Gasteiger charge is 2.21. The summed E-state index contributed by atoms with van der Waals surface area (Å²) in [5, 5.41) is 2.97. The minimum atomic E-state index is -0.537. The van der Waals surface area contributed by atoms with Crippen molar-refractivity contribution in [2.45, 2.75) is 26.3 Å². The SMILES string of the molecule is CC(C)C[C@H](NC(=O)COC(=O)C1=Cc2ccccc2OC1)c1ccccc1. The van der Waals surface area contributed by atoms with Crippen molar-refractivity contribution in [2.24, 2.45) is 5.92 Å². The molecule has 0 saturated carbocycles. The number of hydrogen-bond acceptors (Lipinski definition) is 4. The normalized spacial score (nSPS) is 13.8. The van der Waals surface area contributed by atoms with E-state index in [2.05, 4.69) is 19.2 Å². The van der Waals surface area contributed by atoms with E-state index in [4.69, 9.17) is 9.47 Å². The van der Waals surface area contributed by atoms with Gasteiger partial charge in [-0.05, 0) is 30.0 Å². The van der Waals surface area contributed by atoms with E-state index in [1.165, 1.54) is 0 Å². The van der Waals surface area contributed by atoms with Crippen LogP contribution in [0, 0.1) is 5.92 Å². The number of carbonyl (C=O) groups excluding carboxylic acids is 2. The molecule has 28 heavy (non-hydrogen) atoms. The highest BCUT2D eigenvalue weighted by molar-refractivity contribution is 5.96. The van der Waals surface area contributed by atoms with Gasteiger partial charge in [-0.1, -0.05) is 62.4 Å². The molecule has 2 aromatic rings. The first-order valence-corrected chi connectivity index (χ1v) is 9.46. The number of ether oxygens (including phenoxy) is 2. The van der Waals surface area contributed by atoms with Crippen LogP contribution in [0.15, 0.2) is 60.2 Å². The van der Waals surface area contributed by atoms with Gasteiger partial charge in [-0.15, -0.1) is 0 Å². The molecule has 1 aliphatic heterocycles. The molecular weight excluding hydrogens is 354 g/mol. The van der Waals surface area contributed by atoms with Crippen molar-refractivity contribution < 1.29 is 19.1 Å².